The average Bonchev–Trinajstić information content (AvgIpc) is 2.13. The lowest BCUT2D eigenvalue weighted by molar-refractivity contribution is -0.140. The first kappa shape index (κ1) is 13.8. The molecule has 0 aliphatic rings. The Labute approximate surface area is 92.3 Å². The Balaban J connectivity index is 3.67. The largest absolute Gasteiger partial charge is 0.418 e. The monoisotopic (exact) mass is 276 g/mol. The topological polar surface area (TPSA) is 73.1 Å². The van der Waals surface area contributed by atoms with Crippen LogP contribution in [0.15, 0.2) is 17.3 Å². The van der Waals surface area contributed by atoms with E-state index in [0.717, 1.165) is 0 Å². The number of rotatable bonds is 2. The van der Waals surface area contributed by atoms with Crippen LogP contribution in [0.25, 0.3) is 0 Å². The van der Waals surface area contributed by atoms with Crippen molar-refractivity contribution in [3.63, 3.8) is 0 Å². The Morgan fingerprint density at radius 2 is 1.76 bits per heavy atom. The van der Waals surface area contributed by atoms with Crippen molar-refractivity contribution in [2.75, 3.05) is 0 Å². The normalized spacial score (nSPS) is 13.1. The predicted molar refractivity (Wildman–Crippen MR) is 45.6 cm³/mol. The van der Waals surface area contributed by atoms with Gasteiger partial charge in [-0.25, -0.2) is 22.3 Å². The van der Waals surface area contributed by atoms with E-state index in [4.69, 9.17) is 0 Å². The van der Waals surface area contributed by atoms with Gasteiger partial charge in [0.05, 0.1) is 11.1 Å². The molecule has 1 heterocycles. The van der Waals surface area contributed by atoms with Gasteiger partial charge in [-0.1, -0.05) is 0 Å². The number of sulfonamides is 1. The van der Waals surface area contributed by atoms with Gasteiger partial charge in [-0.3, -0.25) is 4.98 Å². The summed E-state index contributed by atoms with van der Waals surface area (Å²) >= 11 is 0. The van der Waals surface area contributed by atoms with Crippen LogP contribution in [-0.4, -0.2) is 13.4 Å². The molecule has 1 aromatic heterocycles. The summed E-state index contributed by atoms with van der Waals surface area (Å²) in [7, 11) is -4.70. The van der Waals surface area contributed by atoms with Crippen LogP contribution in [-0.2, 0) is 16.2 Å². The molecule has 0 unspecified atom stereocenters. The highest BCUT2D eigenvalue weighted by Crippen LogP contribution is 2.38. The maximum atomic E-state index is 12.5. The third-order valence-electron chi connectivity index (χ3n) is 1.78. The maximum Gasteiger partial charge on any atom is 0.418 e. The highest BCUT2D eigenvalue weighted by molar-refractivity contribution is 7.89. The lowest BCUT2D eigenvalue weighted by atomic mass is 10.1. The fourth-order valence-corrected chi connectivity index (χ4v) is 1.84. The minimum atomic E-state index is -5.14. The second kappa shape index (κ2) is 4.18. The molecule has 96 valence electrons. The Kier molecular flexibility index (Phi) is 3.39. The third kappa shape index (κ3) is 2.88. The molecule has 0 bridgehead atoms. The summed E-state index contributed by atoms with van der Waals surface area (Å²) in [4.78, 5) is 1.62. The summed E-state index contributed by atoms with van der Waals surface area (Å²) in [5, 5.41) is 4.54. The Morgan fingerprint density at radius 3 is 2.12 bits per heavy atom. The van der Waals surface area contributed by atoms with E-state index in [1.165, 1.54) is 0 Å². The van der Waals surface area contributed by atoms with E-state index in [1.807, 2.05) is 0 Å². The average molecular weight is 276 g/mol. The quantitative estimate of drug-likeness (QED) is 0.835. The molecule has 0 fully saturated rings. The van der Waals surface area contributed by atoms with E-state index in [1.54, 1.807) is 0 Å². The van der Waals surface area contributed by atoms with Crippen molar-refractivity contribution in [2.45, 2.75) is 17.5 Å². The van der Waals surface area contributed by atoms with Crippen LogP contribution < -0.4 is 5.14 Å². The second-order valence-electron chi connectivity index (χ2n) is 2.94. The van der Waals surface area contributed by atoms with Crippen LogP contribution in [0, 0.1) is 0 Å². The molecule has 0 amide bonds. The predicted octanol–water partition coefficient (Wildman–Crippen LogP) is 1.69. The molecule has 4 nitrogen and oxygen atoms in total. The van der Waals surface area contributed by atoms with Crippen LogP contribution in [0.5, 0.6) is 0 Å². The van der Waals surface area contributed by atoms with E-state index in [-0.39, 0.29) is 6.20 Å². The Morgan fingerprint density at radius 1 is 1.24 bits per heavy atom. The van der Waals surface area contributed by atoms with Crippen molar-refractivity contribution in [3.05, 3.63) is 23.5 Å². The molecule has 0 aliphatic heterocycles. The van der Waals surface area contributed by atoms with E-state index >= 15 is 0 Å². The second-order valence-corrected chi connectivity index (χ2v) is 4.47. The summed E-state index contributed by atoms with van der Waals surface area (Å²) in [5.41, 5.74) is -3.51. The number of hydrogen-bond acceptors (Lipinski definition) is 3. The van der Waals surface area contributed by atoms with Gasteiger partial charge in [0.1, 0.15) is 4.90 Å². The van der Waals surface area contributed by atoms with Crippen molar-refractivity contribution in [1.82, 2.24) is 4.98 Å². The van der Waals surface area contributed by atoms with Gasteiger partial charge in [-0.2, -0.15) is 13.2 Å². The molecule has 10 heteroatoms. The van der Waals surface area contributed by atoms with Crippen molar-refractivity contribution in [1.29, 1.82) is 0 Å². The van der Waals surface area contributed by atoms with E-state index < -0.39 is 38.6 Å². The van der Waals surface area contributed by atoms with Gasteiger partial charge in [-0.15, -0.1) is 0 Å². The van der Waals surface area contributed by atoms with Crippen molar-refractivity contribution in [3.8, 4) is 0 Å². The molecule has 1 aromatic rings. The molecule has 1 rings (SSSR count). The molecule has 17 heavy (non-hydrogen) atoms. The standard InChI is InChI=1S/C7H5F5N2O2S/c8-6(9)5-3(7(10,11)12)1-14-2-4(5)17(13,15)16/h1-2,6H,(H2,13,15,16). The zero-order valence-electron chi connectivity index (χ0n) is 7.87. The fraction of sp³-hybridized carbons (Fsp3) is 0.286. The first-order valence-electron chi connectivity index (χ1n) is 3.91. The van der Waals surface area contributed by atoms with Gasteiger partial charge < -0.3 is 0 Å². The fourth-order valence-electron chi connectivity index (χ4n) is 1.13. The molecular formula is C7H5F5N2O2S. The summed E-state index contributed by atoms with van der Waals surface area (Å²) in [6.07, 6.45) is -8.30. The molecular weight excluding hydrogens is 271 g/mol. The molecule has 0 spiro atoms. The first-order valence-corrected chi connectivity index (χ1v) is 5.46. The van der Waals surface area contributed by atoms with Crippen LogP contribution in [0.2, 0.25) is 0 Å². The van der Waals surface area contributed by atoms with Crippen LogP contribution >= 0.6 is 0 Å². The molecule has 0 radical (unpaired) electrons. The highest BCUT2D eigenvalue weighted by Gasteiger charge is 2.39. The number of nitrogens with zero attached hydrogens (tertiary/aromatic N) is 1. The number of hydrogen-bond donors (Lipinski definition) is 1. The minimum Gasteiger partial charge on any atom is -0.263 e. The van der Waals surface area contributed by atoms with E-state index in [0.29, 0.717) is 6.20 Å². The maximum absolute atomic E-state index is 12.5. The van der Waals surface area contributed by atoms with Gasteiger partial charge in [0, 0.05) is 12.4 Å². The Bertz CT molecular complexity index is 526. The number of nitrogens with two attached hydrogens (primary N) is 1. The van der Waals surface area contributed by atoms with Crippen molar-refractivity contribution < 1.29 is 30.4 Å². The van der Waals surface area contributed by atoms with Crippen LogP contribution in [0.1, 0.15) is 17.6 Å². The number of alkyl halides is 5. The summed E-state index contributed by atoms with van der Waals surface area (Å²) in [6, 6.07) is 0. The van der Waals surface area contributed by atoms with Gasteiger partial charge >= 0.3 is 6.18 Å². The molecule has 2 N–H and O–H groups in total. The summed E-state index contributed by atoms with van der Waals surface area (Å²) in [6.45, 7) is 0. The lowest BCUT2D eigenvalue weighted by Gasteiger charge is -2.14. The zero-order chi connectivity index (χ0) is 13.4. The number of pyridine rings is 1. The van der Waals surface area contributed by atoms with Crippen LogP contribution in [0.4, 0.5) is 22.0 Å². The third-order valence-corrected chi connectivity index (χ3v) is 2.72. The van der Waals surface area contributed by atoms with E-state index in [2.05, 4.69) is 10.1 Å². The van der Waals surface area contributed by atoms with Gasteiger partial charge in [0.2, 0.25) is 10.0 Å². The number of primary sulfonamides is 1. The van der Waals surface area contributed by atoms with Gasteiger partial charge in [-0.05, 0) is 0 Å². The first-order chi connectivity index (χ1) is 7.55. The lowest BCUT2D eigenvalue weighted by Crippen LogP contribution is -2.19. The highest BCUT2D eigenvalue weighted by atomic mass is 32.2. The molecule has 0 saturated heterocycles. The SMILES string of the molecule is NS(=O)(=O)c1cncc(C(F)(F)F)c1C(F)F. The summed E-state index contributed by atoms with van der Waals surface area (Å²) < 4.78 is 83.9. The molecule has 0 aliphatic carbocycles. The molecule has 0 saturated carbocycles. The van der Waals surface area contributed by atoms with Crippen LogP contribution in [0.3, 0.4) is 0 Å². The van der Waals surface area contributed by atoms with Crippen molar-refractivity contribution >= 4 is 10.0 Å². The van der Waals surface area contributed by atoms with Gasteiger partial charge in [0.15, 0.2) is 0 Å². The minimum absolute atomic E-state index is 0.121. The number of aromatic nitrogens is 1. The zero-order valence-corrected chi connectivity index (χ0v) is 8.69. The smallest absolute Gasteiger partial charge is 0.263 e. The Hall–Kier alpha value is -1.29. The molecule has 0 atom stereocenters. The molecule has 0 aromatic carbocycles. The van der Waals surface area contributed by atoms with Gasteiger partial charge in [0.25, 0.3) is 6.43 Å². The number of halogens is 5. The van der Waals surface area contributed by atoms with Crippen molar-refractivity contribution in [2.24, 2.45) is 5.14 Å². The summed E-state index contributed by atoms with van der Waals surface area (Å²) in [5.74, 6) is 0. The van der Waals surface area contributed by atoms with E-state index in [9.17, 15) is 30.4 Å².